The van der Waals surface area contributed by atoms with Gasteiger partial charge in [0.05, 0.1) is 26.4 Å². The highest BCUT2D eigenvalue weighted by Gasteiger charge is 2.13. The van der Waals surface area contributed by atoms with Crippen molar-refractivity contribution in [3.8, 4) is 6.07 Å². The van der Waals surface area contributed by atoms with E-state index in [9.17, 15) is 4.79 Å². The second-order valence-electron chi connectivity index (χ2n) is 4.49. The van der Waals surface area contributed by atoms with Crippen LogP contribution in [0.3, 0.4) is 0 Å². The second kappa shape index (κ2) is 8.27. The molecule has 0 fully saturated rings. The van der Waals surface area contributed by atoms with Gasteiger partial charge < -0.3 is 10.6 Å². The average molecular weight is 401 g/mol. The van der Waals surface area contributed by atoms with E-state index in [0.29, 0.717) is 26.4 Å². The number of hydrogen-bond acceptors (Lipinski definition) is 3. The smallest absolute Gasteiger partial charge is 0.267 e. The fourth-order valence-corrected chi connectivity index (χ4v) is 2.51. The number of nitrogens with zero attached hydrogens (tertiary/aromatic N) is 1. The molecule has 1 amide bonds. The maximum atomic E-state index is 12.2. The molecule has 0 saturated carbocycles. The maximum Gasteiger partial charge on any atom is 0.267 e. The molecule has 0 aliphatic rings. The van der Waals surface area contributed by atoms with Crippen molar-refractivity contribution in [3.63, 3.8) is 0 Å². The van der Waals surface area contributed by atoms with Crippen LogP contribution < -0.4 is 10.6 Å². The third-order valence-electron chi connectivity index (χ3n) is 2.87. The number of hydrogen-bond donors (Lipinski definition) is 2. The van der Waals surface area contributed by atoms with Crippen LogP contribution in [0.1, 0.15) is 0 Å². The van der Waals surface area contributed by atoms with Crippen LogP contribution >= 0.6 is 46.4 Å². The Bertz CT molecular complexity index is 859. The van der Waals surface area contributed by atoms with E-state index < -0.39 is 5.91 Å². The average Bonchev–Trinajstić information content (AvgIpc) is 2.54. The van der Waals surface area contributed by atoms with Crippen LogP contribution in [0, 0.1) is 11.3 Å². The van der Waals surface area contributed by atoms with Crippen molar-refractivity contribution < 1.29 is 4.79 Å². The third-order valence-corrected chi connectivity index (χ3v) is 4.23. The van der Waals surface area contributed by atoms with Gasteiger partial charge in [0.1, 0.15) is 11.6 Å². The van der Waals surface area contributed by atoms with Crippen LogP contribution in [0.2, 0.25) is 20.1 Å². The molecule has 0 atom stereocenters. The van der Waals surface area contributed by atoms with Gasteiger partial charge in [-0.05, 0) is 30.3 Å². The van der Waals surface area contributed by atoms with Gasteiger partial charge in [0.2, 0.25) is 0 Å². The number of anilines is 2. The molecule has 0 aliphatic carbocycles. The molecule has 0 spiro atoms. The summed E-state index contributed by atoms with van der Waals surface area (Å²) < 4.78 is 0. The highest BCUT2D eigenvalue weighted by molar-refractivity contribution is 6.44. The molecule has 24 heavy (non-hydrogen) atoms. The highest BCUT2D eigenvalue weighted by Crippen LogP contribution is 2.30. The largest absolute Gasteiger partial charge is 0.359 e. The van der Waals surface area contributed by atoms with Crippen LogP contribution in [0.25, 0.3) is 0 Å². The lowest BCUT2D eigenvalue weighted by Gasteiger charge is -2.08. The minimum absolute atomic E-state index is 0.169. The van der Waals surface area contributed by atoms with Crippen molar-refractivity contribution in [1.82, 2.24) is 0 Å². The second-order valence-corrected chi connectivity index (χ2v) is 6.12. The molecule has 122 valence electrons. The predicted molar refractivity (Wildman–Crippen MR) is 98.9 cm³/mol. The molecular weight excluding hydrogens is 392 g/mol. The highest BCUT2D eigenvalue weighted by atomic mass is 35.5. The SMILES string of the molecule is N#C/C(=C/Nc1ccc(Cl)cc1Cl)C(=O)Nc1cccc(Cl)c1Cl. The number of halogens is 4. The molecule has 2 aromatic rings. The van der Waals surface area contributed by atoms with Crippen LogP contribution in [0.4, 0.5) is 11.4 Å². The first kappa shape index (κ1) is 18.4. The molecule has 0 bridgehead atoms. The van der Waals surface area contributed by atoms with E-state index in [-0.39, 0.29) is 10.6 Å². The summed E-state index contributed by atoms with van der Waals surface area (Å²) in [4.78, 5) is 12.2. The van der Waals surface area contributed by atoms with Crippen LogP contribution in [-0.4, -0.2) is 5.91 Å². The van der Waals surface area contributed by atoms with E-state index in [1.54, 1.807) is 36.4 Å². The predicted octanol–water partition coefficient (Wildman–Crippen LogP) is 5.76. The molecule has 0 heterocycles. The Balaban J connectivity index is 2.17. The summed E-state index contributed by atoms with van der Waals surface area (Å²) in [5.41, 5.74) is 0.638. The molecule has 0 unspecified atom stereocenters. The Hall–Kier alpha value is -1.90. The van der Waals surface area contributed by atoms with Gasteiger partial charge in [-0.2, -0.15) is 5.26 Å². The zero-order valence-corrected chi connectivity index (χ0v) is 14.9. The fraction of sp³-hybridized carbons (Fsp3) is 0. The van der Waals surface area contributed by atoms with Crippen molar-refractivity contribution >= 4 is 63.7 Å². The number of nitriles is 1. The normalized spacial score (nSPS) is 10.9. The summed E-state index contributed by atoms with van der Waals surface area (Å²) in [5.74, 6) is -0.640. The lowest BCUT2D eigenvalue weighted by Crippen LogP contribution is -2.15. The Morgan fingerprint density at radius 3 is 2.46 bits per heavy atom. The zero-order chi connectivity index (χ0) is 17.7. The first-order valence-corrected chi connectivity index (χ1v) is 8.00. The minimum Gasteiger partial charge on any atom is -0.359 e. The van der Waals surface area contributed by atoms with Crippen LogP contribution in [0.5, 0.6) is 0 Å². The van der Waals surface area contributed by atoms with Gasteiger partial charge in [-0.25, -0.2) is 0 Å². The summed E-state index contributed by atoms with van der Waals surface area (Å²) in [5, 5.41) is 15.8. The summed E-state index contributed by atoms with van der Waals surface area (Å²) in [6.07, 6.45) is 1.24. The Kier molecular flexibility index (Phi) is 6.36. The Morgan fingerprint density at radius 1 is 1.04 bits per heavy atom. The lowest BCUT2D eigenvalue weighted by molar-refractivity contribution is -0.112. The minimum atomic E-state index is -0.640. The molecule has 0 radical (unpaired) electrons. The molecular formula is C16H9Cl4N3O. The molecule has 2 aromatic carbocycles. The van der Waals surface area contributed by atoms with E-state index in [1.807, 2.05) is 0 Å². The molecule has 8 heteroatoms. The molecule has 4 nitrogen and oxygen atoms in total. The number of rotatable bonds is 4. The summed E-state index contributed by atoms with van der Waals surface area (Å²) in [7, 11) is 0. The van der Waals surface area contributed by atoms with E-state index >= 15 is 0 Å². The fourth-order valence-electron chi connectivity index (χ4n) is 1.70. The summed E-state index contributed by atoms with van der Waals surface area (Å²) >= 11 is 23.7. The number of amides is 1. The quantitative estimate of drug-likeness (QED) is 0.506. The summed E-state index contributed by atoms with van der Waals surface area (Å²) in [6, 6.07) is 11.4. The molecule has 0 saturated heterocycles. The van der Waals surface area contributed by atoms with E-state index in [0.717, 1.165) is 0 Å². The van der Waals surface area contributed by atoms with Crippen molar-refractivity contribution in [3.05, 3.63) is 68.3 Å². The number of benzene rings is 2. The number of carbonyl (C=O) groups is 1. The van der Waals surface area contributed by atoms with Crippen molar-refractivity contribution in [2.75, 3.05) is 10.6 Å². The Morgan fingerprint density at radius 2 is 1.79 bits per heavy atom. The molecule has 0 aliphatic heterocycles. The molecule has 0 aromatic heterocycles. The van der Waals surface area contributed by atoms with Gasteiger partial charge in [-0.15, -0.1) is 0 Å². The first-order chi connectivity index (χ1) is 11.4. The van der Waals surface area contributed by atoms with E-state index in [4.69, 9.17) is 51.7 Å². The van der Waals surface area contributed by atoms with Crippen molar-refractivity contribution in [1.29, 1.82) is 5.26 Å². The third kappa shape index (κ3) is 4.56. The topological polar surface area (TPSA) is 64.9 Å². The van der Waals surface area contributed by atoms with Gasteiger partial charge in [0.15, 0.2) is 0 Å². The van der Waals surface area contributed by atoms with E-state index in [2.05, 4.69) is 10.6 Å². The standard InChI is InChI=1S/C16H9Cl4N3O/c17-10-4-5-13(12(19)6-10)22-8-9(7-21)16(24)23-14-3-1-2-11(18)15(14)20/h1-6,8,22H,(H,23,24)/b9-8-. The van der Waals surface area contributed by atoms with Crippen molar-refractivity contribution in [2.24, 2.45) is 0 Å². The zero-order valence-electron chi connectivity index (χ0n) is 11.9. The van der Waals surface area contributed by atoms with Crippen LogP contribution in [0.15, 0.2) is 48.2 Å². The number of carbonyl (C=O) groups excluding carboxylic acids is 1. The van der Waals surface area contributed by atoms with E-state index in [1.165, 1.54) is 12.3 Å². The van der Waals surface area contributed by atoms with Gasteiger partial charge in [0, 0.05) is 11.2 Å². The Labute approximate surface area is 158 Å². The van der Waals surface area contributed by atoms with Gasteiger partial charge in [0.25, 0.3) is 5.91 Å². The van der Waals surface area contributed by atoms with Gasteiger partial charge in [-0.3, -0.25) is 4.79 Å². The molecule has 2 rings (SSSR count). The first-order valence-electron chi connectivity index (χ1n) is 6.49. The maximum absolute atomic E-state index is 12.2. The monoisotopic (exact) mass is 399 g/mol. The van der Waals surface area contributed by atoms with Gasteiger partial charge >= 0.3 is 0 Å². The summed E-state index contributed by atoms with van der Waals surface area (Å²) in [6.45, 7) is 0. The number of nitrogens with one attached hydrogen (secondary N) is 2. The van der Waals surface area contributed by atoms with Gasteiger partial charge in [-0.1, -0.05) is 52.5 Å². The lowest BCUT2D eigenvalue weighted by atomic mass is 10.2. The van der Waals surface area contributed by atoms with Crippen molar-refractivity contribution in [2.45, 2.75) is 0 Å². The van der Waals surface area contributed by atoms with Crippen LogP contribution in [-0.2, 0) is 4.79 Å². The molecule has 2 N–H and O–H groups in total.